The molecule has 0 aliphatic heterocycles. The molecule has 0 saturated heterocycles. The topological polar surface area (TPSA) is 77.3 Å². The predicted molar refractivity (Wildman–Crippen MR) is 111 cm³/mol. The third kappa shape index (κ3) is 3.96. The molecule has 6 heteroatoms. The molecular weight excluding hydrogens is 366 g/mol. The fourth-order valence-electron chi connectivity index (χ4n) is 3.18. The van der Waals surface area contributed by atoms with E-state index in [1.54, 1.807) is 30.8 Å². The van der Waals surface area contributed by atoms with Crippen molar-refractivity contribution in [3.05, 3.63) is 77.3 Å². The van der Waals surface area contributed by atoms with Gasteiger partial charge in [-0.1, -0.05) is 12.1 Å². The van der Waals surface area contributed by atoms with E-state index in [2.05, 4.69) is 15.3 Å². The zero-order chi connectivity index (χ0) is 20.4. The minimum absolute atomic E-state index is 0.103. The van der Waals surface area contributed by atoms with Crippen LogP contribution in [0.15, 0.2) is 59.5 Å². The Labute approximate surface area is 168 Å². The summed E-state index contributed by atoms with van der Waals surface area (Å²) in [6, 6.07) is 11.5. The molecule has 2 heterocycles. The molecule has 2 aromatic heterocycles. The van der Waals surface area contributed by atoms with Crippen molar-refractivity contribution in [2.75, 3.05) is 5.32 Å². The Morgan fingerprint density at radius 3 is 2.62 bits per heavy atom. The maximum absolute atomic E-state index is 12.6. The first-order chi connectivity index (χ1) is 14.0. The molecule has 4 rings (SSSR count). The largest absolute Gasteiger partial charge is 0.464 e. The van der Waals surface area contributed by atoms with Gasteiger partial charge in [-0.05, 0) is 61.7 Å². The Balaban J connectivity index is 1.47. The second kappa shape index (κ2) is 7.75. The van der Waals surface area contributed by atoms with Crippen molar-refractivity contribution in [2.45, 2.75) is 27.2 Å². The van der Waals surface area contributed by atoms with Crippen molar-refractivity contribution >= 4 is 22.6 Å². The first kappa shape index (κ1) is 18.7. The first-order valence-electron chi connectivity index (χ1n) is 9.33. The number of amides is 1. The van der Waals surface area contributed by atoms with E-state index in [0.29, 0.717) is 5.75 Å². The summed E-state index contributed by atoms with van der Waals surface area (Å²) in [4.78, 5) is 20.7. The van der Waals surface area contributed by atoms with Crippen LogP contribution in [0.25, 0.3) is 11.0 Å². The van der Waals surface area contributed by atoms with Crippen LogP contribution in [0.2, 0.25) is 0 Å². The van der Waals surface area contributed by atoms with Gasteiger partial charge in [0, 0.05) is 29.0 Å². The number of hydrogen-bond acceptors (Lipinski definition) is 5. The maximum Gasteiger partial charge on any atom is 0.321 e. The molecule has 0 radical (unpaired) electrons. The molecule has 0 spiro atoms. The van der Waals surface area contributed by atoms with Crippen LogP contribution in [0.5, 0.6) is 11.8 Å². The van der Waals surface area contributed by atoms with Crippen LogP contribution in [0.4, 0.5) is 5.69 Å². The lowest BCUT2D eigenvalue weighted by Gasteiger charge is -2.10. The molecular formula is C23H21N3O3. The number of carbonyl (C=O) groups is 1. The highest BCUT2D eigenvalue weighted by molar-refractivity contribution is 5.96. The van der Waals surface area contributed by atoms with E-state index in [1.165, 1.54) is 5.56 Å². The lowest BCUT2D eigenvalue weighted by molar-refractivity contribution is -0.115. The van der Waals surface area contributed by atoms with Gasteiger partial charge in [0.15, 0.2) is 0 Å². The second-order valence-corrected chi connectivity index (χ2v) is 6.98. The Kier molecular flexibility index (Phi) is 4.99. The fourth-order valence-corrected chi connectivity index (χ4v) is 3.18. The molecule has 0 fully saturated rings. The van der Waals surface area contributed by atoms with Crippen LogP contribution in [-0.4, -0.2) is 15.9 Å². The molecule has 4 aromatic rings. The normalized spacial score (nSPS) is 10.9. The standard InChI is InChI=1S/C23H21N3O3/c1-14-5-7-19-17(13-28-22(19)16(14)3)12-21(27)26-20-8-6-18(11-15(20)2)29-23-24-9-4-10-25-23/h4-11,13H,12H2,1-3H3,(H,26,27). The Morgan fingerprint density at radius 2 is 1.86 bits per heavy atom. The summed E-state index contributed by atoms with van der Waals surface area (Å²) in [5.41, 5.74) is 5.60. The van der Waals surface area contributed by atoms with Gasteiger partial charge in [0.05, 0.1) is 12.7 Å². The number of rotatable bonds is 5. The Morgan fingerprint density at radius 1 is 1.07 bits per heavy atom. The molecule has 1 amide bonds. The van der Waals surface area contributed by atoms with Crippen molar-refractivity contribution < 1.29 is 13.9 Å². The zero-order valence-corrected chi connectivity index (χ0v) is 16.5. The SMILES string of the molecule is Cc1cc(Oc2ncccn2)ccc1NC(=O)Cc1coc2c(C)c(C)ccc12. The van der Waals surface area contributed by atoms with Crippen LogP contribution >= 0.6 is 0 Å². The second-order valence-electron chi connectivity index (χ2n) is 6.98. The minimum atomic E-state index is -0.103. The molecule has 0 bridgehead atoms. The zero-order valence-electron chi connectivity index (χ0n) is 16.5. The summed E-state index contributed by atoms with van der Waals surface area (Å²) < 4.78 is 11.3. The van der Waals surface area contributed by atoms with Gasteiger partial charge in [-0.2, -0.15) is 0 Å². The predicted octanol–water partition coefficient (Wildman–Crippen LogP) is 5.12. The highest BCUT2D eigenvalue weighted by Gasteiger charge is 2.14. The van der Waals surface area contributed by atoms with E-state index >= 15 is 0 Å². The van der Waals surface area contributed by atoms with Crippen LogP contribution in [0, 0.1) is 20.8 Å². The number of furan rings is 1. The molecule has 0 aliphatic rings. The molecule has 0 unspecified atom stereocenters. The number of anilines is 1. The van der Waals surface area contributed by atoms with E-state index < -0.39 is 0 Å². The van der Waals surface area contributed by atoms with Crippen LogP contribution in [-0.2, 0) is 11.2 Å². The lowest BCUT2D eigenvalue weighted by Crippen LogP contribution is -2.15. The van der Waals surface area contributed by atoms with Gasteiger partial charge in [-0.3, -0.25) is 4.79 Å². The summed E-state index contributed by atoms with van der Waals surface area (Å²) >= 11 is 0. The van der Waals surface area contributed by atoms with Gasteiger partial charge in [0.2, 0.25) is 5.91 Å². The summed E-state index contributed by atoms with van der Waals surface area (Å²) in [5, 5.41) is 3.94. The van der Waals surface area contributed by atoms with E-state index in [4.69, 9.17) is 9.15 Å². The number of benzene rings is 2. The summed E-state index contributed by atoms with van der Waals surface area (Å²) in [7, 11) is 0. The van der Waals surface area contributed by atoms with Crippen LogP contribution in [0.1, 0.15) is 22.3 Å². The van der Waals surface area contributed by atoms with E-state index in [-0.39, 0.29) is 18.3 Å². The molecule has 1 N–H and O–H groups in total. The van der Waals surface area contributed by atoms with E-state index in [1.807, 2.05) is 45.0 Å². The molecule has 6 nitrogen and oxygen atoms in total. The number of ether oxygens (including phenoxy) is 1. The molecule has 146 valence electrons. The lowest BCUT2D eigenvalue weighted by atomic mass is 10.0. The third-order valence-electron chi connectivity index (χ3n) is 4.92. The van der Waals surface area contributed by atoms with Gasteiger partial charge in [0.25, 0.3) is 0 Å². The van der Waals surface area contributed by atoms with Crippen LogP contribution < -0.4 is 10.1 Å². The van der Waals surface area contributed by atoms with Crippen molar-refractivity contribution in [3.63, 3.8) is 0 Å². The number of nitrogens with one attached hydrogen (secondary N) is 1. The quantitative estimate of drug-likeness (QED) is 0.514. The Hall–Kier alpha value is -3.67. The fraction of sp³-hybridized carbons (Fsp3) is 0.174. The Bertz CT molecular complexity index is 1180. The number of nitrogens with zero attached hydrogens (tertiary/aromatic N) is 2. The first-order valence-corrected chi connectivity index (χ1v) is 9.33. The van der Waals surface area contributed by atoms with Crippen LogP contribution in [0.3, 0.4) is 0 Å². The monoisotopic (exact) mass is 387 g/mol. The third-order valence-corrected chi connectivity index (χ3v) is 4.92. The van der Waals surface area contributed by atoms with E-state index in [0.717, 1.165) is 33.3 Å². The molecule has 2 aromatic carbocycles. The van der Waals surface area contributed by atoms with Gasteiger partial charge >= 0.3 is 6.01 Å². The number of fused-ring (bicyclic) bond motifs is 1. The van der Waals surface area contributed by atoms with Gasteiger partial charge in [-0.25, -0.2) is 9.97 Å². The summed E-state index contributed by atoms with van der Waals surface area (Å²) in [6.45, 7) is 5.98. The van der Waals surface area contributed by atoms with Gasteiger partial charge < -0.3 is 14.5 Å². The molecule has 0 saturated carbocycles. The number of hydrogen-bond donors (Lipinski definition) is 1. The van der Waals surface area contributed by atoms with E-state index in [9.17, 15) is 4.79 Å². The summed E-state index contributed by atoms with van der Waals surface area (Å²) in [6.07, 6.45) is 5.14. The average molecular weight is 387 g/mol. The average Bonchev–Trinajstić information content (AvgIpc) is 3.11. The maximum atomic E-state index is 12.6. The highest BCUT2D eigenvalue weighted by Crippen LogP contribution is 2.28. The smallest absolute Gasteiger partial charge is 0.321 e. The molecule has 29 heavy (non-hydrogen) atoms. The van der Waals surface area contributed by atoms with Crippen molar-refractivity contribution in [1.29, 1.82) is 0 Å². The van der Waals surface area contributed by atoms with Gasteiger partial charge in [-0.15, -0.1) is 0 Å². The number of aryl methyl sites for hydroxylation is 3. The number of aromatic nitrogens is 2. The van der Waals surface area contributed by atoms with Crippen molar-refractivity contribution in [1.82, 2.24) is 9.97 Å². The highest BCUT2D eigenvalue weighted by atomic mass is 16.5. The summed E-state index contributed by atoms with van der Waals surface area (Å²) in [5.74, 6) is 0.507. The number of carbonyl (C=O) groups excluding carboxylic acids is 1. The van der Waals surface area contributed by atoms with Crippen molar-refractivity contribution in [3.8, 4) is 11.8 Å². The van der Waals surface area contributed by atoms with Gasteiger partial charge in [0.1, 0.15) is 11.3 Å². The minimum Gasteiger partial charge on any atom is -0.464 e. The van der Waals surface area contributed by atoms with Crippen molar-refractivity contribution in [2.24, 2.45) is 0 Å². The molecule has 0 aliphatic carbocycles. The molecule has 0 atom stereocenters.